The Morgan fingerprint density at radius 1 is 0.939 bits per heavy atom. The number of para-hydroxylation sites is 1. The van der Waals surface area contributed by atoms with E-state index in [0.717, 1.165) is 11.6 Å². The summed E-state index contributed by atoms with van der Waals surface area (Å²) >= 11 is 0. The minimum atomic E-state index is -1.06. The van der Waals surface area contributed by atoms with Gasteiger partial charge in [0.25, 0.3) is 0 Å². The molecule has 0 bridgehead atoms. The zero-order valence-corrected chi connectivity index (χ0v) is 17.7. The second-order valence-corrected chi connectivity index (χ2v) is 6.69. The number of carbonyl (C=O) groups excluding carboxylic acids is 2. The van der Waals surface area contributed by atoms with Crippen molar-refractivity contribution in [2.24, 2.45) is 5.10 Å². The van der Waals surface area contributed by atoms with E-state index in [-0.39, 0.29) is 18.1 Å². The smallest absolute Gasteiger partial charge is 0.329 e. The Morgan fingerprint density at radius 3 is 2.42 bits per heavy atom. The second kappa shape index (κ2) is 11.4. The van der Waals surface area contributed by atoms with Crippen molar-refractivity contribution in [2.75, 3.05) is 11.9 Å². The van der Waals surface area contributed by atoms with Crippen molar-refractivity contribution in [3.63, 3.8) is 0 Å². The van der Waals surface area contributed by atoms with Crippen LogP contribution in [-0.2, 0) is 16.2 Å². The SMILES string of the molecule is CCOc1cc(/C=N/NC(=O)C(=O)Nc2ccccc2F)ccc1OCc1ccc(F)cc1. The van der Waals surface area contributed by atoms with E-state index in [1.165, 1.54) is 36.5 Å². The predicted octanol–water partition coefficient (Wildman–Crippen LogP) is 4.03. The predicted molar refractivity (Wildman–Crippen MR) is 119 cm³/mol. The molecule has 0 aliphatic carbocycles. The summed E-state index contributed by atoms with van der Waals surface area (Å²) in [5.41, 5.74) is 3.33. The molecule has 0 saturated heterocycles. The molecule has 3 aromatic carbocycles. The third kappa shape index (κ3) is 6.86. The van der Waals surface area contributed by atoms with Gasteiger partial charge in [0.05, 0.1) is 18.5 Å². The fourth-order valence-corrected chi connectivity index (χ4v) is 2.69. The summed E-state index contributed by atoms with van der Waals surface area (Å²) in [5.74, 6) is -2.17. The number of anilines is 1. The minimum absolute atomic E-state index is 0.112. The first kappa shape index (κ1) is 23.4. The number of nitrogens with zero attached hydrogens (tertiary/aromatic N) is 1. The maximum Gasteiger partial charge on any atom is 0.329 e. The summed E-state index contributed by atoms with van der Waals surface area (Å²) in [6.45, 7) is 2.43. The number of hydrogen-bond acceptors (Lipinski definition) is 5. The molecule has 7 nitrogen and oxygen atoms in total. The maximum absolute atomic E-state index is 13.6. The molecule has 9 heteroatoms. The van der Waals surface area contributed by atoms with Crippen LogP contribution in [0, 0.1) is 11.6 Å². The number of hydrazone groups is 1. The third-order valence-corrected chi connectivity index (χ3v) is 4.28. The van der Waals surface area contributed by atoms with Crippen molar-refractivity contribution < 1.29 is 27.8 Å². The van der Waals surface area contributed by atoms with E-state index in [1.54, 1.807) is 30.3 Å². The molecule has 0 saturated carbocycles. The maximum atomic E-state index is 13.6. The molecular formula is C24H21F2N3O4. The van der Waals surface area contributed by atoms with Crippen LogP contribution in [0.4, 0.5) is 14.5 Å². The van der Waals surface area contributed by atoms with E-state index in [2.05, 4.69) is 15.8 Å². The van der Waals surface area contributed by atoms with Crippen molar-refractivity contribution in [1.29, 1.82) is 0 Å². The second-order valence-electron chi connectivity index (χ2n) is 6.69. The number of ether oxygens (including phenoxy) is 2. The number of rotatable bonds is 8. The highest BCUT2D eigenvalue weighted by molar-refractivity contribution is 6.39. The van der Waals surface area contributed by atoms with Gasteiger partial charge in [0.2, 0.25) is 0 Å². The summed E-state index contributed by atoms with van der Waals surface area (Å²) in [6.07, 6.45) is 1.32. The molecule has 0 heterocycles. The van der Waals surface area contributed by atoms with Gasteiger partial charge >= 0.3 is 11.8 Å². The van der Waals surface area contributed by atoms with Gasteiger partial charge in [-0.2, -0.15) is 5.10 Å². The lowest BCUT2D eigenvalue weighted by Crippen LogP contribution is -2.32. The topological polar surface area (TPSA) is 89.0 Å². The summed E-state index contributed by atoms with van der Waals surface area (Å²) in [5, 5.41) is 5.91. The molecule has 0 aliphatic rings. The van der Waals surface area contributed by atoms with Crippen LogP contribution in [-0.4, -0.2) is 24.6 Å². The summed E-state index contributed by atoms with van der Waals surface area (Å²) in [4.78, 5) is 23.8. The lowest BCUT2D eigenvalue weighted by Gasteiger charge is -2.12. The van der Waals surface area contributed by atoms with Gasteiger partial charge in [0.15, 0.2) is 11.5 Å². The van der Waals surface area contributed by atoms with E-state index in [0.29, 0.717) is 23.7 Å². The van der Waals surface area contributed by atoms with Crippen LogP contribution >= 0.6 is 0 Å². The van der Waals surface area contributed by atoms with E-state index in [1.807, 2.05) is 6.92 Å². The monoisotopic (exact) mass is 453 g/mol. The van der Waals surface area contributed by atoms with Crippen LogP contribution in [0.2, 0.25) is 0 Å². The molecule has 0 unspecified atom stereocenters. The first-order valence-corrected chi connectivity index (χ1v) is 9.99. The van der Waals surface area contributed by atoms with E-state index in [9.17, 15) is 18.4 Å². The average Bonchev–Trinajstić information content (AvgIpc) is 2.81. The molecular weight excluding hydrogens is 432 g/mol. The molecule has 2 amide bonds. The van der Waals surface area contributed by atoms with E-state index >= 15 is 0 Å². The Morgan fingerprint density at radius 2 is 1.70 bits per heavy atom. The van der Waals surface area contributed by atoms with Gasteiger partial charge in [-0.3, -0.25) is 9.59 Å². The minimum Gasteiger partial charge on any atom is -0.490 e. The van der Waals surface area contributed by atoms with Crippen molar-refractivity contribution >= 4 is 23.7 Å². The molecule has 0 fully saturated rings. The van der Waals surface area contributed by atoms with Gasteiger partial charge in [0.1, 0.15) is 18.2 Å². The van der Waals surface area contributed by atoms with Crippen LogP contribution in [0.3, 0.4) is 0 Å². The van der Waals surface area contributed by atoms with Crippen molar-refractivity contribution in [1.82, 2.24) is 5.43 Å². The van der Waals surface area contributed by atoms with Gasteiger partial charge in [-0.25, -0.2) is 14.2 Å². The van der Waals surface area contributed by atoms with Crippen LogP contribution in [0.25, 0.3) is 0 Å². The molecule has 2 N–H and O–H groups in total. The van der Waals surface area contributed by atoms with Crippen LogP contribution in [0.1, 0.15) is 18.1 Å². The fourth-order valence-electron chi connectivity index (χ4n) is 2.69. The molecule has 0 radical (unpaired) electrons. The fraction of sp³-hybridized carbons (Fsp3) is 0.125. The molecule has 0 atom stereocenters. The van der Waals surface area contributed by atoms with Gasteiger partial charge in [0, 0.05) is 0 Å². The lowest BCUT2D eigenvalue weighted by molar-refractivity contribution is -0.136. The van der Waals surface area contributed by atoms with E-state index < -0.39 is 17.6 Å². The third-order valence-electron chi connectivity index (χ3n) is 4.28. The van der Waals surface area contributed by atoms with Crippen LogP contribution in [0.15, 0.2) is 71.8 Å². The Balaban J connectivity index is 1.59. The van der Waals surface area contributed by atoms with Crippen molar-refractivity contribution in [2.45, 2.75) is 13.5 Å². The summed E-state index contributed by atoms with van der Waals surface area (Å²) in [7, 11) is 0. The van der Waals surface area contributed by atoms with Gasteiger partial charge < -0.3 is 14.8 Å². The summed E-state index contributed by atoms with van der Waals surface area (Å²) in [6, 6.07) is 16.4. The first-order chi connectivity index (χ1) is 16.0. The zero-order chi connectivity index (χ0) is 23.6. The highest BCUT2D eigenvalue weighted by Crippen LogP contribution is 2.29. The Kier molecular flexibility index (Phi) is 8.07. The Bertz CT molecular complexity index is 1150. The van der Waals surface area contributed by atoms with Crippen LogP contribution < -0.4 is 20.2 Å². The number of halogens is 2. The van der Waals surface area contributed by atoms with Gasteiger partial charge in [-0.1, -0.05) is 24.3 Å². The van der Waals surface area contributed by atoms with Gasteiger partial charge in [-0.15, -0.1) is 0 Å². The standard InChI is InChI=1S/C24H21F2N3O4/c1-2-32-22-13-17(9-12-21(22)33-15-16-7-10-18(25)11-8-16)14-27-29-24(31)23(30)28-20-6-4-3-5-19(20)26/h3-14H,2,15H2,1H3,(H,28,30)(H,29,31)/b27-14+. The number of amides is 2. The highest BCUT2D eigenvalue weighted by atomic mass is 19.1. The molecule has 0 spiro atoms. The summed E-state index contributed by atoms with van der Waals surface area (Å²) < 4.78 is 38.0. The highest BCUT2D eigenvalue weighted by Gasteiger charge is 2.14. The molecule has 33 heavy (non-hydrogen) atoms. The lowest BCUT2D eigenvalue weighted by atomic mass is 10.2. The Labute approximate surface area is 189 Å². The number of benzene rings is 3. The zero-order valence-electron chi connectivity index (χ0n) is 17.7. The van der Waals surface area contributed by atoms with Crippen molar-refractivity contribution in [3.8, 4) is 11.5 Å². The molecule has 0 aliphatic heterocycles. The number of carbonyl (C=O) groups is 2. The largest absolute Gasteiger partial charge is 0.490 e. The quantitative estimate of drug-likeness (QED) is 0.306. The molecule has 3 rings (SSSR count). The molecule has 3 aromatic rings. The first-order valence-electron chi connectivity index (χ1n) is 9.99. The van der Waals surface area contributed by atoms with E-state index in [4.69, 9.17) is 9.47 Å². The Hall–Kier alpha value is -4.27. The van der Waals surface area contributed by atoms with Crippen molar-refractivity contribution in [3.05, 3.63) is 89.5 Å². The number of nitrogens with one attached hydrogen (secondary N) is 2. The van der Waals surface area contributed by atoms with Crippen LogP contribution in [0.5, 0.6) is 11.5 Å². The van der Waals surface area contributed by atoms with Gasteiger partial charge in [-0.05, 0) is 60.5 Å². The molecule has 0 aromatic heterocycles. The average molecular weight is 453 g/mol. The molecule has 170 valence electrons. The normalized spacial score (nSPS) is 10.6. The number of hydrogen-bond donors (Lipinski definition) is 2.